The van der Waals surface area contributed by atoms with Crippen LogP contribution >= 0.6 is 0 Å². The second-order valence-corrected chi connectivity index (χ2v) is 7.14. The smallest absolute Gasteiger partial charge is 0.258 e. The van der Waals surface area contributed by atoms with Crippen LogP contribution in [0.4, 0.5) is 17.1 Å². The number of nitrogens with one attached hydrogen (secondary N) is 2. The predicted octanol–water partition coefficient (Wildman–Crippen LogP) is 4.88. The molecule has 30 heavy (non-hydrogen) atoms. The molecule has 0 heterocycles. The van der Waals surface area contributed by atoms with E-state index in [1.165, 1.54) is 0 Å². The molecule has 0 saturated heterocycles. The summed E-state index contributed by atoms with van der Waals surface area (Å²) >= 11 is 0. The highest BCUT2D eigenvalue weighted by molar-refractivity contribution is 6.05. The Morgan fingerprint density at radius 2 is 1.60 bits per heavy atom. The van der Waals surface area contributed by atoms with E-state index >= 15 is 0 Å². The Labute approximate surface area is 177 Å². The fraction of sp³-hybridized carbons (Fsp3) is 0.200. The molecule has 0 fully saturated rings. The Balaban J connectivity index is 1.58. The average Bonchev–Trinajstić information content (AvgIpc) is 2.79. The second-order valence-electron chi connectivity index (χ2n) is 7.14. The molecular formula is C25H27N3O2. The predicted molar refractivity (Wildman–Crippen MR) is 123 cm³/mol. The number of aryl methyl sites for hydroxylation is 2. The molecule has 0 unspecified atom stereocenters. The van der Waals surface area contributed by atoms with E-state index in [1.54, 1.807) is 24.1 Å². The van der Waals surface area contributed by atoms with E-state index in [1.807, 2.05) is 67.6 Å². The third-order valence-corrected chi connectivity index (χ3v) is 5.04. The monoisotopic (exact) mass is 401 g/mol. The molecule has 0 spiro atoms. The summed E-state index contributed by atoms with van der Waals surface area (Å²) in [6, 6.07) is 22.7. The number of amides is 2. The topological polar surface area (TPSA) is 61.4 Å². The van der Waals surface area contributed by atoms with Gasteiger partial charge in [0.05, 0.1) is 6.54 Å². The maximum atomic E-state index is 12.7. The number of carbonyl (C=O) groups excluding carboxylic acids is 2. The zero-order chi connectivity index (χ0) is 21.5. The zero-order valence-corrected chi connectivity index (χ0v) is 17.6. The van der Waals surface area contributed by atoms with Crippen molar-refractivity contribution >= 4 is 28.9 Å². The first kappa shape index (κ1) is 21.1. The first-order valence-corrected chi connectivity index (χ1v) is 10.0. The minimum absolute atomic E-state index is 0.0860. The van der Waals surface area contributed by atoms with E-state index in [-0.39, 0.29) is 18.4 Å². The van der Waals surface area contributed by atoms with Crippen LogP contribution in [-0.2, 0) is 11.2 Å². The quantitative estimate of drug-likeness (QED) is 0.593. The number of nitrogens with zero attached hydrogens (tertiary/aromatic N) is 1. The van der Waals surface area contributed by atoms with Gasteiger partial charge in [0.1, 0.15) is 0 Å². The standard InChI is InChI=1S/C25H27N3O2/c1-4-19-10-8-9-18(2)24(19)27-23(29)17-26-21-15-13-20(14-16-21)25(30)28(3)22-11-6-5-7-12-22/h5-16,26H,4,17H2,1-3H3,(H,27,29). The van der Waals surface area contributed by atoms with Gasteiger partial charge < -0.3 is 15.5 Å². The van der Waals surface area contributed by atoms with Crippen LogP contribution in [0.2, 0.25) is 0 Å². The second kappa shape index (κ2) is 9.74. The van der Waals surface area contributed by atoms with Crippen molar-refractivity contribution in [3.63, 3.8) is 0 Å². The van der Waals surface area contributed by atoms with Crippen molar-refractivity contribution in [1.29, 1.82) is 0 Å². The summed E-state index contributed by atoms with van der Waals surface area (Å²) in [7, 11) is 1.75. The van der Waals surface area contributed by atoms with E-state index in [2.05, 4.69) is 17.6 Å². The lowest BCUT2D eigenvalue weighted by Crippen LogP contribution is -2.26. The maximum Gasteiger partial charge on any atom is 0.258 e. The molecule has 5 nitrogen and oxygen atoms in total. The molecule has 5 heteroatoms. The number of hydrogen-bond donors (Lipinski definition) is 2. The number of anilines is 3. The molecule has 0 aliphatic carbocycles. The van der Waals surface area contributed by atoms with Gasteiger partial charge in [-0.2, -0.15) is 0 Å². The van der Waals surface area contributed by atoms with Gasteiger partial charge in [0.2, 0.25) is 5.91 Å². The summed E-state index contributed by atoms with van der Waals surface area (Å²) in [5.74, 6) is -0.194. The number of benzene rings is 3. The molecule has 154 valence electrons. The number of rotatable bonds is 7. The Bertz CT molecular complexity index is 1010. The molecule has 0 saturated carbocycles. The van der Waals surface area contributed by atoms with Gasteiger partial charge >= 0.3 is 0 Å². The number of carbonyl (C=O) groups is 2. The van der Waals surface area contributed by atoms with E-state index in [0.717, 1.165) is 34.6 Å². The number of para-hydroxylation sites is 2. The van der Waals surface area contributed by atoms with Crippen molar-refractivity contribution in [2.24, 2.45) is 0 Å². The van der Waals surface area contributed by atoms with Gasteiger partial charge in [0, 0.05) is 29.7 Å². The first-order chi connectivity index (χ1) is 14.5. The largest absolute Gasteiger partial charge is 0.376 e. The van der Waals surface area contributed by atoms with Crippen molar-refractivity contribution in [1.82, 2.24) is 0 Å². The van der Waals surface area contributed by atoms with Crippen LogP contribution in [0, 0.1) is 6.92 Å². The molecule has 2 N–H and O–H groups in total. The summed E-state index contributed by atoms with van der Waals surface area (Å²) in [5, 5.41) is 6.11. The Morgan fingerprint density at radius 3 is 2.27 bits per heavy atom. The minimum atomic E-state index is -0.108. The van der Waals surface area contributed by atoms with Crippen LogP contribution in [0.25, 0.3) is 0 Å². The SMILES string of the molecule is CCc1cccc(C)c1NC(=O)CNc1ccc(C(=O)N(C)c2ccccc2)cc1. The summed E-state index contributed by atoms with van der Waals surface area (Å²) in [5.41, 5.74) is 5.26. The van der Waals surface area contributed by atoms with Crippen LogP contribution in [0.3, 0.4) is 0 Å². The van der Waals surface area contributed by atoms with Gasteiger partial charge in [-0.15, -0.1) is 0 Å². The molecule has 2 amide bonds. The van der Waals surface area contributed by atoms with E-state index in [9.17, 15) is 9.59 Å². The molecule has 0 bridgehead atoms. The Kier molecular flexibility index (Phi) is 6.86. The van der Waals surface area contributed by atoms with E-state index < -0.39 is 0 Å². The van der Waals surface area contributed by atoms with Gasteiger partial charge in [-0.1, -0.05) is 43.3 Å². The van der Waals surface area contributed by atoms with Crippen LogP contribution in [0.1, 0.15) is 28.4 Å². The van der Waals surface area contributed by atoms with Gasteiger partial charge in [0.25, 0.3) is 5.91 Å². The van der Waals surface area contributed by atoms with E-state index in [4.69, 9.17) is 0 Å². The lowest BCUT2D eigenvalue weighted by Gasteiger charge is -2.17. The minimum Gasteiger partial charge on any atom is -0.376 e. The van der Waals surface area contributed by atoms with Crippen molar-refractivity contribution in [2.45, 2.75) is 20.3 Å². The van der Waals surface area contributed by atoms with E-state index in [0.29, 0.717) is 5.56 Å². The Hall–Kier alpha value is -3.60. The number of hydrogen-bond acceptors (Lipinski definition) is 3. The van der Waals surface area contributed by atoms with Crippen molar-refractivity contribution < 1.29 is 9.59 Å². The van der Waals surface area contributed by atoms with Crippen molar-refractivity contribution in [3.05, 3.63) is 89.5 Å². The molecule has 0 aromatic heterocycles. The van der Waals surface area contributed by atoms with Crippen LogP contribution in [-0.4, -0.2) is 25.4 Å². The molecule has 0 radical (unpaired) electrons. The van der Waals surface area contributed by atoms with Crippen molar-refractivity contribution in [2.75, 3.05) is 29.1 Å². The van der Waals surface area contributed by atoms with Gasteiger partial charge in [0.15, 0.2) is 0 Å². The first-order valence-electron chi connectivity index (χ1n) is 10.0. The third kappa shape index (κ3) is 5.06. The maximum absolute atomic E-state index is 12.7. The van der Waals surface area contributed by atoms with Crippen LogP contribution in [0.5, 0.6) is 0 Å². The highest BCUT2D eigenvalue weighted by atomic mass is 16.2. The molecular weight excluding hydrogens is 374 g/mol. The summed E-state index contributed by atoms with van der Waals surface area (Å²) < 4.78 is 0. The van der Waals surface area contributed by atoms with Crippen LogP contribution in [0.15, 0.2) is 72.8 Å². The third-order valence-electron chi connectivity index (χ3n) is 5.04. The fourth-order valence-corrected chi connectivity index (χ4v) is 3.26. The summed E-state index contributed by atoms with van der Waals surface area (Å²) in [6.07, 6.45) is 0.859. The van der Waals surface area contributed by atoms with Crippen molar-refractivity contribution in [3.8, 4) is 0 Å². The lowest BCUT2D eigenvalue weighted by atomic mass is 10.1. The normalized spacial score (nSPS) is 10.4. The van der Waals surface area contributed by atoms with Gasteiger partial charge in [-0.05, 0) is 60.9 Å². The summed E-state index contributed by atoms with van der Waals surface area (Å²) in [6.45, 7) is 4.21. The van der Waals surface area contributed by atoms with Gasteiger partial charge in [-0.25, -0.2) is 0 Å². The highest BCUT2D eigenvalue weighted by Gasteiger charge is 2.13. The summed E-state index contributed by atoms with van der Waals surface area (Å²) in [4.78, 5) is 26.7. The molecule has 0 atom stereocenters. The van der Waals surface area contributed by atoms with Gasteiger partial charge in [-0.3, -0.25) is 9.59 Å². The van der Waals surface area contributed by atoms with Crippen LogP contribution < -0.4 is 15.5 Å². The molecule has 3 aromatic carbocycles. The average molecular weight is 402 g/mol. The molecule has 0 aliphatic heterocycles. The fourth-order valence-electron chi connectivity index (χ4n) is 3.26. The molecule has 3 aromatic rings. The zero-order valence-electron chi connectivity index (χ0n) is 17.6. The molecule has 0 aliphatic rings. The highest BCUT2D eigenvalue weighted by Crippen LogP contribution is 2.21. The molecule has 3 rings (SSSR count). The Morgan fingerprint density at radius 1 is 0.900 bits per heavy atom. The lowest BCUT2D eigenvalue weighted by molar-refractivity contribution is -0.114.